The van der Waals surface area contributed by atoms with Gasteiger partial charge in [0.15, 0.2) is 17.6 Å². The SMILES string of the molecule is C[N+]1(CCCCCCCCCCOCCCCCCCCCCOCC2COc3ccccc3O2)CCCCC1. The van der Waals surface area contributed by atoms with E-state index in [9.17, 15) is 0 Å². The molecular weight excluding hydrogens is 498 g/mol. The van der Waals surface area contributed by atoms with Gasteiger partial charge in [-0.25, -0.2) is 0 Å². The number of quaternary nitrogens is 1. The van der Waals surface area contributed by atoms with Crippen LogP contribution < -0.4 is 9.47 Å². The molecule has 0 N–H and O–H groups in total. The van der Waals surface area contributed by atoms with Crippen LogP contribution in [0.2, 0.25) is 0 Å². The third-order valence-corrected chi connectivity index (χ3v) is 8.83. The number of benzene rings is 1. The van der Waals surface area contributed by atoms with Gasteiger partial charge in [-0.3, -0.25) is 0 Å². The van der Waals surface area contributed by atoms with Gasteiger partial charge >= 0.3 is 0 Å². The van der Waals surface area contributed by atoms with E-state index < -0.39 is 0 Å². The Kier molecular flexibility index (Phi) is 17.8. The summed E-state index contributed by atoms with van der Waals surface area (Å²) in [6.07, 6.45) is 25.8. The van der Waals surface area contributed by atoms with Crippen molar-refractivity contribution in [2.45, 2.75) is 128 Å². The lowest BCUT2D eigenvalue weighted by molar-refractivity contribution is -0.914. The molecule has 2 heterocycles. The van der Waals surface area contributed by atoms with Crippen molar-refractivity contribution in [3.8, 4) is 11.5 Å². The van der Waals surface area contributed by atoms with Gasteiger partial charge in [-0.15, -0.1) is 0 Å². The molecule has 0 aromatic heterocycles. The summed E-state index contributed by atoms with van der Waals surface area (Å²) in [7, 11) is 2.48. The standard InChI is InChI=1S/C35H62NO4/c1-36(26-18-14-19-27-36)25-17-10-6-2-3-7-11-20-28-37-29-21-12-8-4-5-9-13-22-30-38-31-33-32-39-34-23-15-16-24-35(34)40-33/h15-16,23-24,33H,2-14,17-22,25-32H2,1H3/q+1. The molecule has 1 saturated heterocycles. The Hall–Kier alpha value is -1.30. The summed E-state index contributed by atoms with van der Waals surface area (Å²) in [6.45, 7) is 8.17. The number of nitrogens with zero attached hydrogens (tertiary/aromatic N) is 1. The highest BCUT2D eigenvalue weighted by molar-refractivity contribution is 5.40. The molecule has 0 amide bonds. The van der Waals surface area contributed by atoms with Gasteiger partial charge in [0.25, 0.3) is 0 Å². The van der Waals surface area contributed by atoms with E-state index in [-0.39, 0.29) is 6.10 Å². The minimum absolute atomic E-state index is 0.00234. The van der Waals surface area contributed by atoms with E-state index in [2.05, 4.69) is 7.05 Å². The minimum Gasteiger partial charge on any atom is -0.486 e. The van der Waals surface area contributed by atoms with Crippen molar-refractivity contribution in [2.75, 3.05) is 59.7 Å². The smallest absolute Gasteiger partial charge is 0.161 e. The van der Waals surface area contributed by atoms with Gasteiger partial charge in [-0.1, -0.05) is 82.8 Å². The Bertz CT molecular complexity index is 736. The van der Waals surface area contributed by atoms with Crippen LogP contribution in [0.3, 0.4) is 0 Å². The average molecular weight is 561 g/mol. The minimum atomic E-state index is 0.00234. The maximum Gasteiger partial charge on any atom is 0.161 e. The molecular formula is C35H62NO4+. The van der Waals surface area contributed by atoms with Crippen LogP contribution in [-0.4, -0.2) is 70.3 Å². The molecule has 1 fully saturated rings. The molecule has 1 aromatic carbocycles. The van der Waals surface area contributed by atoms with Gasteiger partial charge < -0.3 is 23.4 Å². The number of hydrogen-bond donors (Lipinski definition) is 0. The summed E-state index contributed by atoms with van der Waals surface area (Å²) in [5, 5.41) is 0. The van der Waals surface area contributed by atoms with E-state index in [1.807, 2.05) is 24.3 Å². The molecule has 5 nitrogen and oxygen atoms in total. The monoisotopic (exact) mass is 560 g/mol. The lowest BCUT2D eigenvalue weighted by Gasteiger charge is -2.37. The highest BCUT2D eigenvalue weighted by Gasteiger charge is 2.23. The van der Waals surface area contributed by atoms with Crippen LogP contribution in [0.4, 0.5) is 0 Å². The second-order valence-electron chi connectivity index (χ2n) is 12.7. The second-order valence-corrected chi connectivity index (χ2v) is 12.7. The lowest BCUT2D eigenvalue weighted by Crippen LogP contribution is -2.48. The first-order chi connectivity index (χ1) is 19.8. The molecule has 0 bridgehead atoms. The van der Waals surface area contributed by atoms with E-state index in [4.69, 9.17) is 18.9 Å². The normalized spacial score (nSPS) is 18.2. The number of hydrogen-bond acceptors (Lipinski definition) is 4. The van der Waals surface area contributed by atoms with Crippen LogP contribution in [0.5, 0.6) is 11.5 Å². The predicted octanol–water partition coefficient (Wildman–Crippen LogP) is 8.73. The number of para-hydroxylation sites is 2. The third-order valence-electron chi connectivity index (χ3n) is 8.83. The predicted molar refractivity (Wildman–Crippen MR) is 166 cm³/mol. The van der Waals surface area contributed by atoms with Gasteiger partial charge in [-0.05, 0) is 63.5 Å². The van der Waals surface area contributed by atoms with Gasteiger partial charge in [-0.2, -0.15) is 0 Å². The van der Waals surface area contributed by atoms with Crippen LogP contribution >= 0.6 is 0 Å². The maximum absolute atomic E-state index is 5.94. The van der Waals surface area contributed by atoms with Crippen molar-refractivity contribution >= 4 is 0 Å². The number of likely N-dealkylation sites (tertiary alicyclic amines) is 1. The van der Waals surface area contributed by atoms with Gasteiger partial charge in [0, 0.05) is 19.8 Å². The summed E-state index contributed by atoms with van der Waals surface area (Å²) in [5.74, 6) is 1.66. The Morgan fingerprint density at radius 3 is 1.73 bits per heavy atom. The first kappa shape index (κ1) is 33.2. The summed E-state index contributed by atoms with van der Waals surface area (Å²) >= 11 is 0. The molecule has 3 rings (SSSR count). The Labute approximate surface area is 246 Å². The highest BCUT2D eigenvalue weighted by atomic mass is 16.6. The molecule has 2 aliphatic heterocycles. The zero-order valence-corrected chi connectivity index (χ0v) is 26.1. The second kappa shape index (κ2) is 21.4. The number of rotatable bonds is 24. The fraction of sp³-hybridized carbons (Fsp3) is 0.829. The molecule has 0 spiro atoms. The maximum atomic E-state index is 5.94. The van der Waals surface area contributed by atoms with E-state index in [1.54, 1.807) is 0 Å². The average Bonchev–Trinajstić information content (AvgIpc) is 2.98. The van der Waals surface area contributed by atoms with E-state index >= 15 is 0 Å². The number of unbranched alkanes of at least 4 members (excludes halogenated alkanes) is 14. The van der Waals surface area contributed by atoms with Crippen molar-refractivity contribution in [1.29, 1.82) is 0 Å². The van der Waals surface area contributed by atoms with Gasteiger partial charge in [0.2, 0.25) is 0 Å². The molecule has 40 heavy (non-hydrogen) atoms. The van der Waals surface area contributed by atoms with Crippen LogP contribution in [0.25, 0.3) is 0 Å². The van der Waals surface area contributed by atoms with Gasteiger partial charge in [0.05, 0.1) is 33.3 Å². The fourth-order valence-corrected chi connectivity index (χ4v) is 6.19. The van der Waals surface area contributed by atoms with E-state index in [0.29, 0.717) is 13.2 Å². The Balaban J connectivity index is 0.953. The number of piperidine rings is 1. The molecule has 0 aliphatic carbocycles. The van der Waals surface area contributed by atoms with E-state index in [0.717, 1.165) is 37.7 Å². The van der Waals surface area contributed by atoms with Crippen molar-refractivity contribution in [3.63, 3.8) is 0 Å². The van der Waals surface area contributed by atoms with Crippen LogP contribution in [0.15, 0.2) is 24.3 Å². The zero-order chi connectivity index (χ0) is 28.0. The zero-order valence-electron chi connectivity index (χ0n) is 26.1. The Morgan fingerprint density at radius 2 is 1.12 bits per heavy atom. The van der Waals surface area contributed by atoms with Crippen molar-refractivity contribution < 1.29 is 23.4 Å². The summed E-state index contributed by atoms with van der Waals surface area (Å²) in [6, 6.07) is 7.85. The first-order valence-corrected chi connectivity index (χ1v) is 17.1. The van der Waals surface area contributed by atoms with Crippen LogP contribution in [0.1, 0.15) is 122 Å². The molecule has 1 atom stereocenters. The van der Waals surface area contributed by atoms with Crippen molar-refractivity contribution in [3.05, 3.63) is 24.3 Å². The van der Waals surface area contributed by atoms with Crippen molar-refractivity contribution in [1.82, 2.24) is 0 Å². The number of ether oxygens (including phenoxy) is 4. The molecule has 1 unspecified atom stereocenters. The van der Waals surface area contributed by atoms with Gasteiger partial charge in [0.1, 0.15) is 6.61 Å². The van der Waals surface area contributed by atoms with Crippen LogP contribution in [0, 0.1) is 0 Å². The molecule has 0 saturated carbocycles. The first-order valence-electron chi connectivity index (χ1n) is 17.1. The molecule has 2 aliphatic rings. The molecule has 0 radical (unpaired) electrons. The summed E-state index contributed by atoms with van der Waals surface area (Å²) in [4.78, 5) is 0. The van der Waals surface area contributed by atoms with Crippen LogP contribution in [-0.2, 0) is 9.47 Å². The molecule has 1 aromatic rings. The molecule has 5 heteroatoms. The molecule has 230 valence electrons. The third kappa shape index (κ3) is 15.1. The summed E-state index contributed by atoms with van der Waals surface area (Å²) < 4.78 is 24.7. The largest absolute Gasteiger partial charge is 0.486 e. The fourth-order valence-electron chi connectivity index (χ4n) is 6.19. The van der Waals surface area contributed by atoms with Crippen molar-refractivity contribution in [2.24, 2.45) is 0 Å². The van der Waals surface area contributed by atoms with E-state index in [1.165, 1.54) is 140 Å². The number of fused-ring (bicyclic) bond motifs is 1. The quantitative estimate of drug-likeness (QED) is 0.0936. The summed E-state index contributed by atoms with van der Waals surface area (Å²) in [5.41, 5.74) is 0. The highest BCUT2D eigenvalue weighted by Crippen LogP contribution is 2.30. The lowest BCUT2D eigenvalue weighted by atomic mass is 10.1. The Morgan fingerprint density at radius 1 is 0.625 bits per heavy atom. The topological polar surface area (TPSA) is 36.9 Å².